The normalized spacial score (nSPS) is 21.4. The SMILES string of the molecule is CCCCn1ncc(NC2CC2CCC)c(Br)c1=O. The first kappa shape index (κ1) is 14.6. The van der Waals surface area contributed by atoms with Crippen LogP contribution in [0.3, 0.4) is 0 Å². The summed E-state index contributed by atoms with van der Waals surface area (Å²) in [5, 5.41) is 7.66. The molecule has 2 rings (SSSR count). The van der Waals surface area contributed by atoms with Gasteiger partial charge in [-0.2, -0.15) is 5.10 Å². The smallest absolute Gasteiger partial charge is 0.283 e. The van der Waals surface area contributed by atoms with Gasteiger partial charge in [0.25, 0.3) is 5.56 Å². The van der Waals surface area contributed by atoms with Gasteiger partial charge in [-0.15, -0.1) is 0 Å². The summed E-state index contributed by atoms with van der Waals surface area (Å²) in [5.74, 6) is 0.763. The summed E-state index contributed by atoms with van der Waals surface area (Å²) in [5.41, 5.74) is 0.799. The fraction of sp³-hybridized carbons (Fsp3) is 0.714. The van der Waals surface area contributed by atoms with Crippen LogP contribution in [-0.4, -0.2) is 15.8 Å². The lowest BCUT2D eigenvalue weighted by atomic mass is 10.2. The molecule has 0 spiro atoms. The van der Waals surface area contributed by atoms with E-state index in [0.717, 1.165) is 24.4 Å². The Bertz CT molecular complexity index is 486. The summed E-state index contributed by atoms with van der Waals surface area (Å²) < 4.78 is 2.15. The van der Waals surface area contributed by atoms with Crippen molar-refractivity contribution in [2.75, 3.05) is 5.32 Å². The second-order valence-corrected chi connectivity index (χ2v) is 6.08. The molecule has 0 bridgehead atoms. The zero-order valence-electron chi connectivity index (χ0n) is 11.7. The van der Waals surface area contributed by atoms with Crippen LogP contribution in [0.2, 0.25) is 0 Å². The second-order valence-electron chi connectivity index (χ2n) is 5.29. The highest BCUT2D eigenvalue weighted by Gasteiger charge is 2.36. The molecule has 5 heteroatoms. The monoisotopic (exact) mass is 327 g/mol. The number of nitrogens with one attached hydrogen (secondary N) is 1. The van der Waals surface area contributed by atoms with Crippen molar-refractivity contribution in [1.29, 1.82) is 0 Å². The molecule has 1 saturated carbocycles. The first-order valence-corrected chi connectivity index (χ1v) is 7.98. The fourth-order valence-electron chi connectivity index (χ4n) is 2.35. The van der Waals surface area contributed by atoms with Crippen LogP contribution in [0.15, 0.2) is 15.5 Å². The second kappa shape index (κ2) is 6.55. The van der Waals surface area contributed by atoms with Crippen LogP contribution in [0.25, 0.3) is 0 Å². The summed E-state index contributed by atoms with van der Waals surface area (Å²) in [6, 6.07) is 0.518. The van der Waals surface area contributed by atoms with E-state index in [9.17, 15) is 4.79 Å². The van der Waals surface area contributed by atoms with Crippen molar-refractivity contribution < 1.29 is 0 Å². The van der Waals surface area contributed by atoms with Crippen molar-refractivity contribution in [3.05, 3.63) is 21.0 Å². The Hall–Kier alpha value is -0.840. The van der Waals surface area contributed by atoms with Gasteiger partial charge in [-0.25, -0.2) is 4.68 Å². The highest BCUT2D eigenvalue weighted by molar-refractivity contribution is 9.10. The summed E-state index contributed by atoms with van der Waals surface area (Å²) in [6.45, 7) is 5.01. The Morgan fingerprint density at radius 1 is 1.47 bits per heavy atom. The van der Waals surface area contributed by atoms with Crippen molar-refractivity contribution in [2.45, 2.75) is 58.5 Å². The van der Waals surface area contributed by atoms with Gasteiger partial charge in [0.1, 0.15) is 4.47 Å². The number of aromatic nitrogens is 2. The molecular formula is C14H22BrN3O. The minimum Gasteiger partial charge on any atom is -0.380 e. The van der Waals surface area contributed by atoms with E-state index in [1.807, 2.05) is 0 Å². The van der Waals surface area contributed by atoms with Crippen LogP contribution >= 0.6 is 15.9 Å². The topological polar surface area (TPSA) is 46.9 Å². The van der Waals surface area contributed by atoms with E-state index in [0.29, 0.717) is 17.1 Å². The number of hydrogen-bond donors (Lipinski definition) is 1. The van der Waals surface area contributed by atoms with Gasteiger partial charge >= 0.3 is 0 Å². The van der Waals surface area contributed by atoms with E-state index in [1.54, 1.807) is 6.20 Å². The molecule has 0 aromatic carbocycles. The molecule has 0 radical (unpaired) electrons. The lowest BCUT2D eigenvalue weighted by Crippen LogP contribution is -2.25. The molecule has 0 amide bonds. The molecule has 1 aliphatic rings. The van der Waals surface area contributed by atoms with Crippen molar-refractivity contribution in [3.63, 3.8) is 0 Å². The summed E-state index contributed by atoms with van der Waals surface area (Å²) in [4.78, 5) is 12.1. The molecule has 1 aliphatic carbocycles. The zero-order chi connectivity index (χ0) is 13.8. The highest BCUT2D eigenvalue weighted by Crippen LogP contribution is 2.37. The highest BCUT2D eigenvalue weighted by atomic mass is 79.9. The molecule has 2 unspecified atom stereocenters. The molecule has 4 nitrogen and oxygen atoms in total. The van der Waals surface area contributed by atoms with Gasteiger partial charge in [-0.3, -0.25) is 4.79 Å². The third-order valence-corrected chi connectivity index (χ3v) is 4.40. The Labute approximate surface area is 122 Å². The standard InChI is InChI=1S/C14H22BrN3O/c1-3-5-7-18-14(19)13(15)12(9-16-18)17-11-8-10(11)6-4-2/h9-11,17H,3-8H2,1-2H3. The summed E-state index contributed by atoms with van der Waals surface area (Å²) >= 11 is 3.40. The van der Waals surface area contributed by atoms with Crippen LogP contribution < -0.4 is 10.9 Å². The van der Waals surface area contributed by atoms with E-state index >= 15 is 0 Å². The first-order valence-electron chi connectivity index (χ1n) is 7.19. The fourth-order valence-corrected chi connectivity index (χ4v) is 2.77. The van der Waals surface area contributed by atoms with Gasteiger partial charge in [-0.1, -0.05) is 26.7 Å². The number of rotatable bonds is 7. The predicted molar refractivity (Wildman–Crippen MR) is 81.5 cm³/mol. The predicted octanol–water partition coefficient (Wildman–Crippen LogP) is 3.41. The van der Waals surface area contributed by atoms with Crippen molar-refractivity contribution >= 4 is 21.6 Å². The first-order chi connectivity index (χ1) is 9.17. The van der Waals surface area contributed by atoms with Gasteiger partial charge < -0.3 is 5.32 Å². The van der Waals surface area contributed by atoms with Gasteiger partial charge in [0.2, 0.25) is 0 Å². The largest absolute Gasteiger partial charge is 0.380 e. The van der Waals surface area contributed by atoms with Crippen molar-refractivity contribution in [1.82, 2.24) is 9.78 Å². The number of hydrogen-bond acceptors (Lipinski definition) is 3. The Morgan fingerprint density at radius 2 is 2.26 bits per heavy atom. The Morgan fingerprint density at radius 3 is 2.95 bits per heavy atom. The molecule has 1 heterocycles. The Balaban J connectivity index is 2.03. The number of anilines is 1. The summed E-state index contributed by atoms with van der Waals surface area (Å²) in [7, 11) is 0. The molecular weight excluding hydrogens is 306 g/mol. The van der Waals surface area contributed by atoms with E-state index < -0.39 is 0 Å². The number of halogens is 1. The van der Waals surface area contributed by atoms with Crippen LogP contribution in [-0.2, 0) is 6.54 Å². The van der Waals surface area contributed by atoms with Crippen molar-refractivity contribution in [2.24, 2.45) is 5.92 Å². The molecule has 0 aliphatic heterocycles. The maximum Gasteiger partial charge on any atom is 0.283 e. The molecule has 2 atom stereocenters. The zero-order valence-corrected chi connectivity index (χ0v) is 13.2. The number of unbranched alkanes of at least 4 members (excludes halogenated alkanes) is 1. The van der Waals surface area contributed by atoms with Gasteiger partial charge in [0, 0.05) is 12.6 Å². The van der Waals surface area contributed by atoms with E-state index in [-0.39, 0.29) is 5.56 Å². The maximum absolute atomic E-state index is 12.1. The summed E-state index contributed by atoms with van der Waals surface area (Å²) in [6.07, 6.45) is 7.50. The average molecular weight is 328 g/mol. The average Bonchev–Trinajstić information content (AvgIpc) is 3.13. The Kier molecular flexibility index (Phi) is 5.02. The molecule has 1 fully saturated rings. The van der Waals surface area contributed by atoms with Gasteiger partial charge in [-0.05, 0) is 41.1 Å². The molecule has 1 aromatic heterocycles. The van der Waals surface area contributed by atoms with Crippen molar-refractivity contribution in [3.8, 4) is 0 Å². The lowest BCUT2D eigenvalue weighted by Gasteiger charge is -2.10. The maximum atomic E-state index is 12.1. The molecule has 19 heavy (non-hydrogen) atoms. The van der Waals surface area contributed by atoms with Crippen LogP contribution in [0, 0.1) is 5.92 Å². The molecule has 1 N–H and O–H groups in total. The lowest BCUT2D eigenvalue weighted by molar-refractivity contribution is 0.541. The van der Waals surface area contributed by atoms with Crippen LogP contribution in [0.5, 0.6) is 0 Å². The minimum atomic E-state index is -0.0360. The van der Waals surface area contributed by atoms with E-state index in [2.05, 4.69) is 40.2 Å². The number of nitrogens with zero attached hydrogens (tertiary/aromatic N) is 2. The third-order valence-electron chi connectivity index (χ3n) is 3.63. The van der Waals surface area contributed by atoms with E-state index in [4.69, 9.17) is 0 Å². The molecule has 0 saturated heterocycles. The molecule has 106 valence electrons. The van der Waals surface area contributed by atoms with Crippen LogP contribution in [0.1, 0.15) is 46.0 Å². The van der Waals surface area contributed by atoms with Gasteiger partial charge in [0.05, 0.1) is 11.9 Å². The molecule has 1 aromatic rings. The minimum absolute atomic E-state index is 0.0360. The van der Waals surface area contributed by atoms with E-state index in [1.165, 1.54) is 23.9 Å². The third kappa shape index (κ3) is 3.59. The van der Waals surface area contributed by atoms with Crippen LogP contribution in [0.4, 0.5) is 5.69 Å². The van der Waals surface area contributed by atoms with Gasteiger partial charge in [0.15, 0.2) is 0 Å². The number of aryl methyl sites for hydroxylation is 1. The quantitative estimate of drug-likeness (QED) is 0.834.